The zero-order chi connectivity index (χ0) is 11.5. The van der Waals surface area contributed by atoms with Crippen molar-refractivity contribution < 1.29 is 9.13 Å². The Kier molecular flexibility index (Phi) is 3.06. The molecule has 1 aromatic heterocycles. The van der Waals surface area contributed by atoms with E-state index in [-0.39, 0.29) is 5.82 Å². The summed E-state index contributed by atoms with van der Waals surface area (Å²) in [6.45, 7) is 1.68. The van der Waals surface area contributed by atoms with Gasteiger partial charge in [-0.05, 0) is 36.8 Å². The lowest BCUT2D eigenvalue weighted by atomic mass is 10.2. The number of halogens is 2. The fourth-order valence-corrected chi connectivity index (χ4v) is 1.34. The first-order valence-corrected chi connectivity index (χ1v) is 5.08. The highest BCUT2D eigenvalue weighted by atomic mass is 35.5. The van der Waals surface area contributed by atoms with Crippen LogP contribution in [0, 0.1) is 12.7 Å². The Morgan fingerprint density at radius 1 is 1.25 bits per heavy atom. The molecule has 1 aromatic carbocycles. The van der Waals surface area contributed by atoms with Gasteiger partial charge in [0.1, 0.15) is 11.6 Å². The van der Waals surface area contributed by atoms with Gasteiger partial charge in [0.05, 0.1) is 5.02 Å². The van der Waals surface area contributed by atoms with Crippen LogP contribution >= 0.6 is 11.6 Å². The summed E-state index contributed by atoms with van der Waals surface area (Å²) in [7, 11) is 0. The number of aryl methyl sites for hydroxylation is 1. The molecule has 82 valence electrons. The molecule has 0 saturated heterocycles. The Morgan fingerprint density at radius 3 is 2.69 bits per heavy atom. The van der Waals surface area contributed by atoms with Crippen molar-refractivity contribution in [2.24, 2.45) is 0 Å². The quantitative estimate of drug-likeness (QED) is 0.788. The molecule has 1 heterocycles. The molecule has 0 aliphatic carbocycles. The summed E-state index contributed by atoms with van der Waals surface area (Å²) in [5, 5.41) is 0.544. The molecule has 2 nitrogen and oxygen atoms in total. The van der Waals surface area contributed by atoms with E-state index in [1.807, 2.05) is 0 Å². The minimum atomic E-state index is -0.253. The molecule has 0 bridgehead atoms. The van der Waals surface area contributed by atoms with E-state index in [2.05, 4.69) is 4.98 Å². The fraction of sp³-hybridized carbons (Fsp3) is 0.0833. The Bertz CT molecular complexity index is 499. The van der Waals surface area contributed by atoms with Crippen molar-refractivity contribution in [3.8, 4) is 11.6 Å². The minimum absolute atomic E-state index is 0.253. The topological polar surface area (TPSA) is 22.1 Å². The zero-order valence-electron chi connectivity index (χ0n) is 8.58. The minimum Gasteiger partial charge on any atom is -0.439 e. The van der Waals surface area contributed by atoms with E-state index in [1.54, 1.807) is 31.2 Å². The summed E-state index contributed by atoms with van der Waals surface area (Å²) >= 11 is 5.69. The van der Waals surface area contributed by atoms with Crippen LogP contribution in [0.4, 0.5) is 4.39 Å². The normalized spacial score (nSPS) is 10.2. The summed E-state index contributed by atoms with van der Waals surface area (Å²) in [5.74, 6) is 0.723. The van der Waals surface area contributed by atoms with Crippen molar-refractivity contribution in [3.05, 3.63) is 52.9 Å². The Labute approximate surface area is 97.7 Å². The molecule has 2 rings (SSSR count). The fourth-order valence-electron chi connectivity index (χ4n) is 1.22. The number of rotatable bonds is 2. The lowest BCUT2D eigenvalue weighted by Crippen LogP contribution is -1.89. The lowest BCUT2D eigenvalue weighted by Gasteiger charge is -2.05. The molecular weight excluding hydrogens is 229 g/mol. The van der Waals surface area contributed by atoms with Gasteiger partial charge in [-0.1, -0.05) is 11.6 Å². The Hall–Kier alpha value is -1.61. The smallest absolute Gasteiger partial charge is 0.219 e. The molecule has 0 aliphatic rings. The molecule has 0 aliphatic heterocycles. The first-order chi connectivity index (χ1) is 7.65. The molecule has 0 amide bonds. The van der Waals surface area contributed by atoms with Gasteiger partial charge in [0.2, 0.25) is 5.88 Å². The molecule has 0 spiro atoms. The van der Waals surface area contributed by atoms with Crippen molar-refractivity contribution in [2.75, 3.05) is 0 Å². The first kappa shape index (κ1) is 10.9. The molecule has 0 unspecified atom stereocenters. The highest BCUT2D eigenvalue weighted by Gasteiger charge is 2.02. The third-order valence-corrected chi connectivity index (χ3v) is 2.28. The summed E-state index contributed by atoms with van der Waals surface area (Å²) in [4.78, 5) is 3.98. The number of benzene rings is 1. The summed E-state index contributed by atoms with van der Waals surface area (Å²) in [6, 6.07) is 7.87. The van der Waals surface area contributed by atoms with E-state index in [4.69, 9.17) is 16.3 Å². The number of ether oxygens (including phenoxy) is 1. The molecule has 0 radical (unpaired) electrons. The van der Waals surface area contributed by atoms with Crippen LogP contribution < -0.4 is 4.74 Å². The van der Waals surface area contributed by atoms with Crippen LogP contribution in [0.3, 0.4) is 0 Å². The molecule has 0 saturated carbocycles. The second-order valence-electron chi connectivity index (χ2n) is 3.33. The van der Waals surface area contributed by atoms with Crippen LogP contribution in [0.2, 0.25) is 5.02 Å². The maximum Gasteiger partial charge on any atom is 0.219 e. The van der Waals surface area contributed by atoms with Crippen LogP contribution in [0.1, 0.15) is 5.56 Å². The van der Waals surface area contributed by atoms with Crippen molar-refractivity contribution in [1.29, 1.82) is 0 Å². The van der Waals surface area contributed by atoms with Crippen LogP contribution in [-0.4, -0.2) is 4.98 Å². The van der Waals surface area contributed by atoms with Crippen LogP contribution in [0.5, 0.6) is 11.6 Å². The highest BCUT2D eigenvalue weighted by molar-refractivity contribution is 6.30. The Morgan fingerprint density at radius 2 is 2.06 bits per heavy atom. The highest BCUT2D eigenvalue weighted by Crippen LogP contribution is 2.22. The monoisotopic (exact) mass is 237 g/mol. The van der Waals surface area contributed by atoms with Gasteiger partial charge >= 0.3 is 0 Å². The van der Waals surface area contributed by atoms with Crippen molar-refractivity contribution >= 4 is 11.6 Å². The SMILES string of the molecule is Cc1cc(Oc2ccc(Cl)cn2)ccc1F. The number of aromatic nitrogens is 1. The second-order valence-corrected chi connectivity index (χ2v) is 3.76. The van der Waals surface area contributed by atoms with Gasteiger partial charge in [-0.3, -0.25) is 0 Å². The number of pyridine rings is 1. The largest absolute Gasteiger partial charge is 0.439 e. The van der Waals surface area contributed by atoms with Gasteiger partial charge in [0.25, 0.3) is 0 Å². The van der Waals surface area contributed by atoms with Crippen molar-refractivity contribution in [3.63, 3.8) is 0 Å². The van der Waals surface area contributed by atoms with Crippen molar-refractivity contribution in [1.82, 2.24) is 4.98 Å². The zero-order valence-corrected chi connectivity index (χ0v) is 9.33. The van der Waals surface area contributed by atoms with E-state index >= 15 is 0 Å². The van der Waals surface area contributed by atoms with Gasteiger partial charge in [0.15, 0.2) is 0 Å². The van der Waals surface area contributed by atoms with Crippen LogP contribution in [0.15, 0.2) is 36.5 Å². The number of hydrogen-bond acceptors (Lipinski definition) is 2. The van der Waals surface area contributed by atoms with Crippen molar-refractivity contribution in [2.45, 2.75) is 6.92 Å². The van der Waals surface area contributed by atoms with Gasteiger partial charge in [0, 0.05) is 12.3 Å². The predicted molar refractivity (Wildman–Crippen MR) is 60.5 cm³/mol. The Balaban J connectivity index is 2.20. The average molecular weight is 238 g/mol. The van der Waals surface area contributed by atoms with Gasteiger partial charge in [-0.25, -0.2) is 9.37 Å². The number of hydrogen-bond donors (Lipinski definition) is 0. The number of nitrogens with zero attached hydrogens (tertiary/aromatic N) is 1. The maximum absolute atomic E-state index is 13.0. The van der Waals surface area contributed by atoms with E-state index in [0.29, 0.717) is 22.2 Å². The summed E-state index contributed by atoms with van der Waals surface area (Å²) in [6.07, 6.45) is 1.49. The third-order valence-electron chi connectivity index (χ3n) is 2.05. The molecule has 2 aromatic rings. The molecule has 0 fully saturated rings. The molecule has 0 atom stereocenters. The molecular formula is C12H9ClFNO. The third kappa shape index (κ3) is 2.49. The molecule has 16 heavy (non-hydrogen) atoms. The first-order valence-electron chi connectivity index (χ1n) is 4.71. The summed E-state index contributed by atoms with van der Waals surface area (Å²) < 4.78 is 18.4. The van der Waals surface area contributed by atoms with E-state index < -0.39 is 0 Å². The average Bonchev–Trinajstić information content (AvgIpc) is 2.27. The van der Waals surface area contributed by atoms with E-state index in [9.17, 15) is 4.39 Å². The van der Waals surface area contributed by atoms with Gasteiger partial charge < -0.3 is 4.74 Å². The standard InChI is InChI=1S/C12H9ClFNO/c1-8-6-10(3-4-11(8)14)16-12-5-2-9(13)7-15-12/h2-7H,1H3. The predicted octanol–water partition coefficient (Wildman–Crippen LogP) is 3.97. The van der Waals surface area contributed by atoms with Gasteiger partial charge in [-0.2, -0.15) is 0 Å². The van der Waals surface area contributed by atoms with E-state index in [1.165, 1.54) is 12.3 Å². The van der Waals surface area contributed by atoms with Crippen LogP contribution in [0.25, 0.3) is 0 Å². The van der Waals surface area contributed by atoms with Crippen LogP contribution in [-0.2, 0) is 0 Å². The van der Waals surface area contributed by atoms with E-state index in [0.717, 1.165) is 0 Å². The maximum atomic E-state index is 13.0. The summed E-state index contributed by atoms with van der Waals surface area (Å²) in [5.41, 5.74) is 0.534. The second kappa shape index (κ2) is 4.49. The lowest BCUT2D eigenvalue weighted by molar-refractivity contribution is 0.460. The van der Waals surface area contributed by atoms with Gasteiger partial charge in [-0.15, -0.1) is 0 Å². The molecule has 0 N–H and O–H groups in total. The molecule has 4 heteroatoms.